The second kappa shape index (κ2) is 6.20. The molecule has 0 heterocycles. The van der Waals surface area contributed by atoms with Crippen molar-refractivity contribution in [1.82, 2.24) is 0 Å². The highest BCUT2D eigenvalue weighted by Crippen LogP contribution is 2.24. The second-order valence-corrected chi connectivity index (χ2v) is 5.05. The van der Waals surface area contributed by atoms with Crippen molar-refractivity contribution >= 4 is 11.6 Å². The molecule has 2 aromatic carbocycles. The Kier molecular flexibility index (Phi) is 4.36. The molecule has 1 N–H and O–H groups in total. The van der Waals surface area contributed by atoms with Crippen LogP contribution in [0.15, 0.2) is 61.2 Å². The lowest BCUT2D eigenvalue weighted by molar-refractivity contribution is -0.111. The number of anilines is 1. The quantitative estimate of drug-likeness (QED) is 0.804. The van der Waals surface area contributed by atoms with E-state index in [4.69, 9.17) is 0 Å². The van der Waals surface area contributed by atoms with Crippen molar-refractivity contribution in [1.29, 1.82) is 0 Å². The summed E-state index contributed by atoms with van der Waals surface area (Å²) in [4.78, 5) is 11.2. The Morgan fingerprint density at radius 3 is 1.95 bits per heavy atom. The zero-order valence-corrected chi connectivity index (χ0v) is 11.9. The average Bonchev–Trinajstić information content (AvgIpc) is 2.48. The van der Waals surface area contributed by atoms with Crippen LogP contribution in [0.25, 0.3) is 11.1 Å². The molecule has 2 nitrogen and oxygen atoms in total. The maximum Gasteiger partial charge on any atom is 0.247 e. The minimum absolute atomic E-state index is 0.195. The van der Waals surface area contributed by atoms with E-state index in [0.29, 0.717) is 5.92 Å². The highest BCUT2D eigenvalue weighted by atomic mass is 16.1. The van der Waals surface area contributed by atoms with Crippen LogP contribution in [0.1, 0.15) is 25.3 Å². The molecule has 0 bridgehead atoms. The molecular formula is C18H19NO. The molecule has 0 fully saturated rings. The Morgan fingerprint density at radius 1 is 1.00 bits per heavy atom. The average molecular weight is 265 g/mol. The second-order valence-electron chi connectivity index (χ2n) is 5.05. The van der Waals surface area contributed by atoms with Crippen LogP contribution < -0.4 is 5.32 Å². The summed E-state index contributed by atoms with van der Waals surface area (Å²) in [7, 11) is 0. The Hall–Kier alpha value is -2.35. The summed E-state index contributed by atoms with van der Waals surface area (Å²) in [5.74, 6) is 0.347. The summed E-state index contributed by atoms with van der Waals surface area (Å²) in [5.41, 5.74) is 4.42. The molecule has 1 amide bonds. The SMILES string of the molecule is C=CC(=O)Nc1ccc(-c2ccc(C(C)C)cc2)cc1. The number of amides is 1. The monoisotopic (exact) mass is 265 g/mol. The fourth-order valence-electron chi connectivity index (χ4n) is 2.00. The van der Waals surface area contributed by atoms with Crippen LogP contribution in [-0.4, -0.2) is 5.91 Å². The van der Waals surface area contributed by atoms with E-state index in [-0.39, 0.29) is 5.91 Å². The number of benzene rings is 2. The Bertz CT molecular complexity index is 594. The smallest absolute Gasteiger partial charge is 0.247 e. The molecule has 0 saturated carbocycles. The lowest BCUT2D eigenvalue weighted by Crippen LogP contribution is -2.06. The molecular weight excluding hydrogens is 246 g/mol. The fourth-order valence-corrected chi connectivity index (χ4v) is 2.00. The molecule has 0 aromatic heterocycles. The van der Waals surface area contributed by atoms with Crippen LogP contribution in [-0.2, 0) is 4.79 Å². The molecule has 0 spiro atoms. The molecule has 2 rings (SSSR count). The fraction of sp³-hybridized carbons (Fsp3) is 0.167. The van der Waals surface area contributed by atoms with Crippen molar-refractivity contribution in [3.63, 3.8) is 0 Å². The standard InChI is InChI=1S/C18H19NO/c1-4-18(20)19-17-11-9-16(10-12-17)15-7-5-14(6-8-15)13(2)3/h4-13H,1H2,2-3H3,(H,19,20). The van der Waals surface area contributed by atoms with Crippen LogP contribution in [0.5, 0.6) is 0 Å². The number of hydrogen-bond acceptors (Lipinski definition) is 1. The summed E-state index contributed by atoms with van der Waals surface area (Å²) in [6.45, 7) is 7.81. The lowest BCUT2D eigenvalue weighted by Gasteiger charge is -2.08. The number of carbonyl (C=O) groups excluding carboxylic acids is 1. The van der Waals surface area contributed by atoms with Gasteiger partial charge in [-0.05, 0) is 40.8 Å². The summed E-state index contributed by atoms with van der Waals surface area (Å²) < 4.78 is 0. The van der Waals surface area contributed by atoms with E-state index in [1.54, 1.807) is 0 Å². The molecule has 0 aliphatic carbocycles. The Labute approximate surface area is 120 Å². The highest BCUT2D eigenvalue weighted by Gasteiger charge is 2.02. The first-order valence-electron chi connectivity index (χ1n) is 6.74. The largest absolute Gasteiger partial charge is 0.323 e. The molecule has 0 radical (unpaired) electrons. The Morgan fingerprint density at radius 2 is 1.50 bits per heavy atom. The van der Waals surface area contributed by atoms with E-state index in [0.717, 1.165) is 11.3 Å². The van der Waals surface area contributed by atoms with E-state index in [1.165, 1.54) is 17.2 Å². The highest BCUT2D eigenvalue weighted by molar-refractivity contribution is 5.98. The first-order valence-corrected chi connectivity index (χ1v) is 6.74. The maximum atomic E-state index is 11.2. The molecule has 0 aliphatic heterocycles. The van der Waals surface area contributed by atoms with Crippen molar-refractivity contribution in [2.45, 2.75) is 19.8 Å². The van der Waals surface area contributed by atoms with Gasteiger partial charge in [-0.15, -0.1) is 0 Å². The van der Waals surface area contributed by atoms with Gasteiger partial charge >= 0.3 is 0 Å². The van der Waals surface area contributed by atoms with Crippen LogP contribution >= 0.6 is 0 Å². The molecule has 2 heteroatoms. The summed E-state index contributed by atoms with van der Waals surface area (Å²) >= 11 is 0. The summed E-state index contributed by atoms with van der Waals surface area (Å²) in [6.07, 6.45) is 1.26. The first kappa shape index (κ1) is 14.1. The predicted molar refractivity (Wildman–Crippen MR) is 84.8 cm³/mol. The van der Waals surface area contributed by atoms with Crippen LogP contribution in [0, 0.1) is 0 Å². The lowest BCUT2D eigenvalue weighted by atomic mass is 9.99. The number of rotatable bonds is 4. The minimum atomic E-state index is -0.195. The molecule has 2 aromatic rings. The predicted octanol–water partition coefficient (Wildman–Crippen LogP) is 4.60. The van der Waals surface area contributed by atoms with E-state index in [9.17, 15) is 4.79 Å². The number of carbonyl (C=O) groups is 1. The van der Waals surface area contributed by atoms with E-state index >= 15 is 0 Å². The molecule has 0 saturated heterocycles. The zero-order valence-electron chi connectivity index (χ0n) is 11.9. The van der Waals surface area contributed by atoms with Crippen LogP contribution in [0.3, 0.4) is 0 Å². The van der Waals surface area contributed by atoms with Crippen molar-refractivity contribution in [3.05, 3.63) is 66.7 Å². The molecule has 0 unspecified atom stereocenters. The van der Waals surface area contributed by atoms with E-state index < -0.39 is 0 Å². The third kappa shape index (κ3) is 3.35. The molecule has 20 heavy (non-hydrogen) atoms. The van der Waals surface area contributed by atoms with Crippen molar-refractivity contribution in [2.24, 2.45) is 0 Å². The molecule has 0 atom stereocenters. The number of hydrogen-bond donors (Lipinski definition) is 1. The Balaban J connectivity index is 2.17. The topological polar surface area (TPSA) is 29.1 Å². The first-order chi connectivity index (χ1) is 9.60. The van der Waals surface area contributed by atoms with Gasteiger partial charge in [0.2, 0.25) is 5.91 Å². The summed E-state index contributed by atoms with van der Waals surface area (Å²) in [5, 5.41) is 2.74. The summed E-state index contributed by atoms with van der Waals surface area (Å²) in [6, 6.07) is 16.4. The van der Waals surface area contributed by atoms with Crippen LogP contribution in [0.2, 0.25) is 0 Å². The van der Waals surface area contributed by atoms with E-state index in [2.05, 4.69) is 50.0 Å². The third-order valence-corrected chi connectivity index (χ3v) is 3.25. The minimum Gasteiger partial charge on any atom is -0.323 e. The van der Waals surface area contributed by atoms with Gasteiger partial charge < -0.3 is 5.32 Å². The zero-order chi connectivity index (χ0) is 14.5. The number of nitrogens with one attached hydrogen (secondary N) is 1. The van der Waals surface area contributed by atoms with Gasteiger partial charge in [0.05, 0.1) is 0 Å². The van der Waals surface area contributed by atoms with Crippen molar-refractivity contribution in [3.8, 4) is 11.1 Å². The van der Waals surface area contributed by atoms with Crippen molar-refractivity contribution < 1.29 is 4.79 Å². The van der Waals surface area contributed by atoms with Gasteiger partial charge in [0.25, 0.3) is 0 Å². The maximum absolute atomic E-state index is 11.2. The third-order valence-electron chi connectivity index (χ3n) is 3.25. The molecule has 0 aliphatic rings. The van der Waals surface area contributed by atoms with E-state index in [1.807, 2.05) is 24.3 Å². The van der Waals surface area contributed by atoms with Gasteiger partial charge in [0, 0.05) is 5.69 Å². The van der Waals surface area contributed by atoms with Gasteiger partial charge in [0.1, 0.15) is 0 Å². The van der Waals surface area contributed by atoms with Gasteiger partial charge in [-0.2, -0.15) is 0 Å². The van der Waals surface area contributed by atoms with Gasteiger partial charge in [-0.25, -0.2) is 0 Å². The van der Waals surface area contributed by atoms with Crippen LogP contribution in [0.4, 0.5) is 5.69 Å². The van der Waals surface area contributed by atoms with Gasteiger partial charge in [-0.1, -0.05) is 56.8 Å². The van der Waals surface area contributed by atoms with Gasteiger partial charge in [0.15, 0.2) is 0 Å². The molecule has 102 valence electrons. The van der Waals surface area contributed by atoms with Crippen molar-refractivity contribution in [2.75, 3.05) is 5.32 Å². The normalized spacial score (nSPS) is 10.3. The van der Waals surface area contributed by atoms with Gasteiger partial charge in [-0.3, -0.25) is 4.79 Å².